The lowest BCUT2D eigenvalue weighted by Crippen LogP contribution is -2.18. The Balaban J connectivity index is 3.22. The normalized spacial score (nSPS) is 12.6. The summed E-state index contributed by atoms with van der Waals surface area (Å²) in [7, 11) is 0. The summed E-state index contributed by atoms with van der Waals surface area (Å²) in [5.74, 6) is 0.351. The molecule has 0 bridgehead atoms. The van der Waals surface area contributed by atoms with E-state index in [9.17, 15) is 0 Å². The lowest BCUT2D eigenvalue weighted by atomic mass is 9.91. The molecule has 0 aliphatic rings. The molecule has 0 aliphatic heterocycles. The van der Waals surface area contributed by atoms with Crippen molar-refractivity contribution < 1.29 is 0 Å². The SMILES string of the molecule is Cc1cccc([C@@H](N)C(C)C)c1C#N. The van der Waals surface area contributed by atoms with E-state index >= 15 is 0 Å². The van der Waals surface area contributed by atoms with Gasteiger partial charge in [0, 0.05) is 6.04 Å². The molecule has 0 aliphatic carbocycles. The van der Waals surface area contributed by atoms with Gasteiger partial charge in [-0.25, -0.2) is 0 Å². The molecule has 2 N–H and O–H groups in total. The number of rotatable bonds is 2. The second-order valence-electron chi connectivity index (χ2n) is 3.92. The maximum absolute atomic E-state index is 9.02. The molecule has 1 aromatic carbocycles. The highest BCUT2D eigenvalue weighted by molar-refractivity contribution is 5.45. The van der Waals surface area contributed by atoms with Gasteiger partial charge in [0.25, 0.3) is 0 Å². The van der Waals surface area contributed by atoms with Crippen molar-refractivity contribution in [3.63, 3.8) is 0 Å². The van der Waals surface area contributed by atoms with E-state index in [4.69, 9.17) is 11.0 Å². The minimum absolute atomic E-state index is 0.0513. The molecule has 0 saturated heterocycles. The summed E-state index contributed by atoms with van der Waals surface area (Å²) in [5, 5.41) is 9.02. The zero-order chi connectivity index (χ0) is 10.7. The molecule has 2 nitrogen and oxygen atoms in total. The van der Waals surface area contributed by atoms with Crippen molar-refractivity contribution in [1.29, 1.82) is 5.26 Å². The average molecular weight is 188 g/mol. The monoisotopic (exact) mass is 188 g/mol. The molecule has 74 valence electrons. The van der Waals surface area contributed by atoms with E-state index in [1.165, 1.54) is 0 Å². The van der Waals surface area contributed by atoms with Crippen molar-refractivity contribution in [2.45, 2.75) is 26.8 Å². The van der Waals surface area contributed by atoms with Crippen molar-refractivity contribution >= 4 is 0 Å². The largest absolute Gasteiger partial charge is 0.324 e. The van der Waals surface area contributed by atoms with Gasteiger partial charge in [0.2, 0.25) is 0 Å². The van der Waals surface area contributed by atoms with Crippen molar-refractivity contribution in [3.05, 3.63) is 34.9 Å². The number of nitrogens with two attached hydrogens (primary N) is 1. The number of nitriles is 1. The van der Waals surface area contributed by atoms with E-state index in [1.807, 2.05) is 25.1 Å². The molecule has 0 heterocycles. The predicted octanol–water partition coefficient (Wildman–Crippen LogP) is 2.52. The van der Waals surface area contributed by atoms with Crippen molar-refractivity contribution in [2.24, 2.45) is 11.7 Å². The molecule has 0 radical (unpaired) electrons. The zero-order valence-corrected chi connectivity index (χ0v) is 8.91. The fourth-order valence-electron chi connectivity index (χ4n) is 1.48. The Morgan fingerprint density at radius 1 is 1.36 bits per heavy atom. The Bertz CT molecular complexity index is 361. The smallest absolute Gasteiger partial charge is 0.0997 e. The van der Waals surface area contributed by atoms with E-state index in [0.717, 1.165) is 16.7 Å². The molecule has 0 amide bonds. The molecule has 1 rings (SSSR count). The highest BCUT2D eigenvalue weighted by atomic mass is 14.6. The molecule has 14 heavy (non-hydrogen) atoms. The van der Waals surface area contributed by atoms with Crippen LogP contribution in [0.3, 0.4) is 0 Å². The molecule has 1 atom stereocenters. The highest BCUT2D eigenvalue weighted by Crippen LogP contribution is 2.23. The summed E-state index contributed by atoms with van der Waals surface area (Å²) in [4.78, 5) is 0. The number of hydrogen-bond donors (Lipinski definition) is 1. The Morgan fingerprint density at radius 3 is 2.50 bits per heavy atom. The third-order valence-corrected chi connectivity index (χ3v) is 2.49. The summed E-state index contributed by atoms with van der Waals surface area (Å²) in [6.45, 7) is 6.07. The van der Waals surface area contributed by atoms with Gasteiger partial charge < -0.3 is 5.73 Å². The third-order valence-electron chi connectivity index (χ3n) is 2.49. The van der Waals surface area contributed by atoms with Crippen LogP contribution in [-0.2, 0) is 0 Å². The maximum atomic E-state index is 9.02. The van der Waals surface area contributed by atoms with E-state index in [2.05, 4.69) is 19.9 Å². The van der Waals surface area contributed by atoms with Crippen LogP contribution in [0.5, 0.6) is 0 Å². The molecular weight excluding hydrogens is 172 g/mol. The fraction of sp³-hybridized carbons (Fsp3) is 0.417. The first-order valence-corrected chi connectivity index (χ1v) is 4.83. The lowest BCUT2D eigenvalue weighted by molar-refractivity contribution is 0.513. The number of aryl methyl sites for hydroxylation is 1. The maximum Gasteiger partial charge on any atom is 0.0997 e. The van der Waals surface area contributed by atoms with Crippen LogP contribution in [0.1, 0.15) is 36.6 Å². The minimum Gasteiger partial charge on any atom is -0.324 e. The van der Waals surface area contributed by atoms with E-state index in [0.29, 0.717) is 5.92 Å². The first kappa shape index (κ1) is 10.7. The molecular formula is C12H16N2. The standard InChI is InChI=1S/C12H16N2/c1-8(2)12(14)10-6-4-5-9(3)11(10)7-13/h4-6,8,12H,14H2,1-3H3/t12-/m0/s1. The Morgan fingerprint density at radius 2 is 2.00 bits per heavy atom. The Hall–Kier alpha value is -1.33. The molecule has 0 aromatic heterocycles. The minimum atomic E-state index is -0.0513. The van der Waals surface area contributed by atoms with Crippen LogP contribution in [-0.4, -0.2) is 0 Å². The topological polar surface area (TPSA) is 49.8 Å². The second-order valence-corrected chi connectivity index (χ2v) is 3.92. The van der Waals surface area contributed by atoms with Gasteiger partial charge in [-0.05, 0) is 24.0 Å². The van der Waals surface area contributed by atoms with Crippen LogP contribution >= 0.6 is 0 Å². The van der Waals surface area contributed by atoms with Crippen LogP contribution in [0.25, 0.3) is 0 Å². The quantitative estimate of drug-likeness (QED) is 0.775. The molecule has 0 unspecified atom stereocenters. The van der Waals surface area contributed by atoms with E-state index < -0.39 is 0 Å². The van der Waals surface area contributed by atoms with Gasteiger partial charge >= 0.3 is 0 Å². The van der Waals surface area contributed by atoms with Gasteiger partial charge in [-0.2, -0.15) is 5.26 Å². The van der Waals surface area contributed by atoms with Gasteiger partial charge in [0.1, 0.15) is 0 Å². The molecule has 0 spiro atoms. The van der Waals surface area contributed by atoms with Gasteiger partial charge in [-0.3, -0.25) is 0 Å². The summed E-state index contributed by atoms with van der Waals surface area (Å²) in [6.07, 6.45) is 0. The van der Waals surface area contributed by atoms with Crippen LogP contribution in [0, 0.1) is 24.2 Å². The van der Waals surface area contributed by atoms with E-state index in [1.54, 1.807) is 0 Å². The van der Waals surface area contributed by atoms with Crippen LogP contribution in [0.15, 0.2) is 18.2 Å². The third kappa shape index (κ3) is 1.94. The van der Waals surface area contributed by atoms with Crippen molar-refractivity contribution in [1.82, 2.24) is 0 Å². The molecule has 1 aromatic rings. The number of hydrogen-bond acceptors (Lipinski definition) is 2. The second kappa shape index (κ2) is 4.26. The van der Waals surface area contributed by atoms with Crippen LogP contribution < -0.4 is 5.73 Å². The lowest BCUT2D eigenvalue weighted by Gasteiger charge is -2.18. The fourth-order valence-corrected chi connectivity index (χ4v) is 1.48. The molecule has 0 fully saturated rings. The van der Waals surface area contributed by atoms with Gasteiger partial charge in [0.05, 0.1) is 11.6 Å². The Labute approximate surface area is 85.4 Å². The molecule has 2 heteroatoms. The summed E-state index contributed by atoms with van der Waals surface area (Å²) in [5.41, 5.74) is 8.72. The van der Waals surface area contributed by atoms with Gasteiger partial charge in [0.15, 0.2) is 0 Å². The first-order valence-electron chi connectivity index (χ1n) is 4.83. The number of benzene rings is 1. The summed E-state index contributed by atoms with van der Waals surface area (Å²) in [6, 6.07) is 8.00. The van der Waals surface area contributed by atoms with Gasteiger partial charge in [-0.15, -0.1) is 0 Å². The zero-order valence-electron chi connectivity index (χ0n) is 8.91. The van der Waals surface area contributed by atoms with Crippen LogP contribution in [0.2, 0.25) is 0 Å². The predicted molar refractivity (Wildman–Crippen MR) is 57.7 cm³/mol. The summed E-state index contributed by atoms with van der Waals surface area (Å²) < 4.78 is 0. The average Bonchev–Trinajstić information content (AvgIpc) is 2.16. The van der Waals surface area contributed by atoms with E-state index in [-0.39, 0.29) is 6.04 Å². The Kier molecular flexibility index (Phi) is 3.27. The number of nitrogens with zero attached hydrogens (tertiary/aromatic N) is 1. The van der Waals surface area contributed by atoms with Crippen molar-refractivity contribution in [2.75, 3.05) is 0 Å². The van der Waals surface area contributed by atoms with Gasteiger partial charge in [-0.1, -0.05) is 32.0 Å². The van der Waals surface area contributed by atoms with Crippen LogP contribution in [0.4, 0.5) is 0 Å². The van der Waals surface area contributed by atoms with Crippen molar-refractivity contribution in [3.8, 4) is 6.07 Å². The molecule has 0 saturated carbocycles. The highest BCUT2D eigenvalue weighted by Gasteiger charge is 2.15. The first-order chi connectivity index (χ1) is 6.57. The summed E-state index contributed by atoms with van der Waals surface area (Å²) >= 11 is 0.